The summed E-state index contributed by atoms with van der Waals surface area (Å²) in [6.45, 7) is 7.38. The summed E-state index contributed by atoms with van der Waals surface area (Å²) >= 11 is 0. The Kier molecular flexibility index (Phi) is 7.42. The first kappa shape index (κ1) is 20.5. The van der Waals surface area contributed by atoms with Crippen molar-refractivity contribution in [1.29, 1.82) is 5.26 Å². The second-order valence-corrected chi connectivity index (χ2v) is 6.63. The minimum Gasteiger partial charge on any atom is -0.466 e. The second-order valence-electron chi connectivity index (χ2n) is 6.63. The number of piperidine rings is 1. The zero-order valence-electron chi connectivity index (χ0n) is 16.2. The highest BCUT2D eigenvalue weighted by molar-refractivity contribution is 6.07. The van der Waals surface area contributed by atoms with Crippen LogP contribution in [0.1, 0.15) is 37.8 Å². The minimum absolute atomic E-state index is 0.0647. The number of benzene rings is 1. The summed E-state index contributed by atoms with van der Waals surface area (Å²) in [5.41, 5.74) is 2.84. The Bertz CT molecular complexity index is 756. The van der Waals surface area contributed by atoms with Crippen LogP contribution in [0.15, 0.2) is 30.0 Å². The molecule has 2 rings (SSSR count). The molecule has 1 amide bonds. The molecule has 0 aromatic heterocycles. The molecule has 0 spiro atoms. The Labute approximate surface area is 160 Å². The van der Waals surface area contributed by atoms with Gasteiger partial charge >= 0.3 is 5.97 Å². The lowest BCUT2D eigenvalue weighted by atomic mass is 9.97. The van der Waals surface area contributed by atoms with Crippen LogP contribution in [0.5, 0.6) is 0 Å². The van der Waals surface area contributed by atoms with Gasteiger partial charge in [0.25, 0.3) is 5.91 Å². The van der Waals surface area contributed by atoms with Crippen molar-refractivity contribution in [1.82, 2.24) is 4.90 Å². The molecule has 1 heterocycles. The molecule has 0 radical (unpaired) electrons. The molecule has 6 heteroatoms. The largest absolute Gasteiger partial charge is 0.466 e. The van der Waals surface area contributed by atoms with Gasteiger partial charge in [-0.2, -0.15) is 5.26 Å². The average Bonchev–Trinajstić information content (AvgIpc) is 2.68. The Balaban J connectivity index is 2.04. The molecule has 144 valence electrons. The summed E-state index contributed by atoms with van der Waals surface area (Å²) in [5.74, 6) is -0.673. The monoisotopic (exact) mass is 369 g/mol. The first-order chi connectivity index (χ1) is 13.0. The fraction of sp³-hybridized carbons (Fsp3) is 0.476. The molecular formula is C21H27N3O3. The van der Waals surface area contributed by atoms with Crippen LogP contribution in [0.2, 0.25) is 0 Å². The van der Waals surface area contributed by atoms with E-state index in [0.29, 0.717) is 32.5 Å². The SMILES string of the molecule is CCOC(=O)C1CCN(/C=C(/C#N)C(=O)Nc2c(C)cccc2CC)CC1. The van der Waals surface area contributed by atoms with Crippen LogP contribution in [-0.4, -0.2) is 36.5 Å². The maximum atomic E-state index is 12.6. The van der Waals surface area contributed by atoms with Crippen molar-refractivity contribution >= 4 is 17.6 Å². The van der Waals surface area contributed by atoms with Gasteiger partial charge < -0.3 is 15.0 Å². The topological polar surface area (TPSA) is 82.4 Å². The number of esters is 1. The molecule has 1 fully saturated rings. The third kappa shape index (κ3) is 5.33. The Hall–Kier alpha value is -2.81. The van der Waals surface area contributed by atoms with E-state index in [1.165, 1.54) is 0 Å². The van der Waals surface area contributed by atoms with Gasteiger partial charge in [0.15, 0.2) is 0 Å². The van der Waals surface area contributed by atoms with E-state index in [-0.39, 0.29) is 17.5 Å². The first-order valence-corrected chi connectivity index (χ1v) is 9.42. The number of aryl methyl sites for hydroxylation is 2. The number of hydrogen-bond acceptors (Lipinski definition) is 5. The van der Waals surface area contributed by atoms with Crippen LogP contribution in [-0.2, 0) is 20.7 Å². The quantitative estimate of drug-likeness (QED) is 0.473. The third-order valence-corrected chi connectivity index (χ3v) is 4.80. The summed E-state index contributed by atoms with van der Waals surface area (Å²) in [6.07, 6.45) is 3.71. The molecule has 0 bridgehead atoms. The number of nitrogens with one attached hydrogen (secondary N) is 1. The zero-order valence-corrected chi connectivity index (χ0v) is 16.2. The molecule has 1 saturated heterocycles. The molecule has 1 aliphatic heterocycles. The van der Waals surface area contributed by atoms with Crippen LogP contribution >= 0.6 is 0 Å². The van der Waals surface area contributed by atoms with Gasteiger partial charge in [0.1, 0.15) is 11.6 Å². The second kappa shape index (κ2) is 9.77. The molecule has 1 aliphatic rings. The van der Waals surface area contributed by atoms with Gasteiger partial charge in [0.05, 0.1) is 12.5 Å². The van der Waals surface area contributed by atoms with E-state index in [0.717, 1.165) is 23.2 Å². The van der Waals surface area contributed by atoms with Gasteiger partial charge in [0.2, 0.25) is 0 Å². The predicted molar refractivity (Wildman–Crippen MR) is 104 cm³/mol. The van der Waals surface area contributed by atoms with E-state index in [2.05, 4.69) is 5.32 Å². The fourth-order valence-electron chi connectivity index (χ4n) is 3.23. The highest BCUT2D eigenvalue weighted by Crippen LogP contribution is 2.23. The molecule has 1 aromatic carbocycles. The molecule has 27 heavy (non-hydrogen) atoms. The number of nitrogens with zero attached hydrogens (tertiary/aromatic N) is 2. The van der Waals surface area contributed by atoms with Crippen molar-refractivity contribution in [2.24, 2.45) is 5.92 Å². The summed E-state index contributed by atoms with van der Waals surface area (Å²) in [6, 6.07) is 7.86. The van der Waals surface area contributed by atoms with Gasteiger partial charge in [-0.05, 0) is 44.2 Å². The summed E-state index contributed by atoms with van der Waals surface area (Å²) in [5, 5.41) is 12.3. The minimum atomic E-state index is -0.408. The van der Waals surface area contributed by atoms with Gasteiger partial charge in [-0.3, -0.25) is 9.59 Å². The summed E-state index contributed by atoms with van der Waals surface area (Å²) < 4.78 is 5.07. The molecule has 1 aromatic rings. The third-order valence-electron chi connectivity index (χ3n) is 4.80. The molecular weight excluding hydrogens is 342 g/mol. The molecule has 0 unspecified atom stereocenters. The van der Waals surface area contributed by atoms with Crippen LogP contribution in [0.4, 0.5) is 5.69 Å². The number of anilines is 1. The zero-order chi connectivity index (χ0) is 19.8. The number of hydrogen-bond donors (Lipinski definition) is 1. The normalized spacial score (nSPS) is 15.2. The molecule has 6 nitrogen and oxygen atoms in total. The molecule has 0 saturated carbocycles. The molecule has 1 N–H and O–H groups in total. The van der Waals surface area contributed by atoms with Crippen molar-refractivity contribution in [2.45, 2.75) is 40.0 Å². The number of nitriles is 1. The van der Waals surface area contributed by atoms with Crippen molar-refractivity contribution in [3.63, 3.8) is 0 Å². The van der Waals surface area contributed by atoms with E-state index in [1.807, 2.05) is 43.0 Å². The number of amides is 1. The van der Waals surface area contributed by atoms with Gasteiger partial charge in [-0.1, -0.05) is 25.1 Å². The van der Waals surface area contributed by atoms with Crippen LogP contribution in [0.3, 0.4) is 0 Å². The Morgan fingerprint density at radius 3 is 2.63 bits per heavy atom. The molecule has 0 aliphatic carbocycles. The number of para-hydroxylation sites is 1. The van der Waals surface area contributed by atoms with E-state index >= 15 is 0 Å². The molecule has 0 atom stereocenters. The highest BCUT2D eigenvalue weighted by Gasteiger charge is 2.25. The van der Waals surface area contributed by atoms with Crippen molar-refractivity contribution in [2.75, 3.05) is 25.0 Å². The lowest BCUT2D eigenvalue weighted by Crippen LogP contribution is -2.34. The lowest BCUT2D eigenvalue weighted by molar-refractivity contribution is -0.149. The standard InChI is InChI=1S/C21H27N3O3/c1-4-16-8-6-7-15(3)19(16)23-20(25)18(13-22)14-24-11-9-17(10-12-24)21(26)27-5-2/h6-8,14,17H,4-5,9-12H2,1-3H3,(H,23,25)/b18-14-. The van der Waals surface area contributed by atoms with E-state index in [1.54, 1.807) is 13.1 Å². The highest BCUT2D eigenvalue weighted by atomic mass is 16.5. The van der Waals surface area contributed by atoms with Gasteiger partial charge in [0, 0.05) is 25.0 Å². The number of ether oxygens (including phenoxy) is 1. The summed E-state index contributed by atoms with van der Waals surface area (Å²) in [7, 11) is 0. The number of carbonyl (C=O) groups excluding carboxylic acids is 2. The smallest absolute Gasteiger partial charge is 0.309 e. The maximum Gasteiger partial charge on any atom is 0.309 e. The Morgan fingerprint density at radius 2 is 2.04 bits per heavy atom. The van der Waals surface area contributed by atoms with Crippen LogP contribution < -0.4 is 5.32 Å². The van der Waals surface area contributed by atoms with Gasteiger partial charge in [-0.15, -0.1) is 0 Å². The maximum absolute atomic E-state index is 12.6. The number of rotatable bonds is 6. The lowest BCUT2D eigenvalue weighted by Gasteiger charge is -2.30. The first-order valence-electron chi connectivity index (χ1n) is 9.42. The number of likely N-dealkylation sites (tertiary alicyclic amines) is 1. The van der Waals surface area contributed by atoms with Gasteiger partial charge in [-0.25, -0.2) is 0 Å². The van der Waals surface area contributed by atoms with Crippen molar-refractivity contribution < 1.29 is 14.3 Å². The Morgan fingerprint density at radius 1 is 1.33 bits per heavy atom. The number of carbonyl (C=O) groups is 2. The van der Waals surface area contributed by atoms with Crippen molar-refractivity contribution in [3.8, 4) is 6.07 Å². The van der Waals surface area contributed by atoms with E-state index in [4.69, 9.17) is 4.74 Å². The predicted octanol–water partition coefficient (Wildman–Crippen LogP) is 3.18. The van der Waals surface area contributed by atoms with Crippen LogP contribution in [0, 0.1) is 24.2 Å². The van der Waals surface area contributed by atoms with Crippen LogP contribution in [0.25, 0.3) is 0 Å². The van der Waals surface area contributed by atoms with E-state index < -0.39 is 5.91 Å². The van der Waals surface area contributed by atoms with E-state index in [9.17, 15) is 14.9 Å². The summed E-state index contributed by atoms with van der Waals surface area (Å²) in [4.78, 5) is 26.3. The fourth-order valence-corrected chi connectivity index (χ4v) is 3.23. The van der Waals surface area contributed by atoms with Crippen molar-refractivity contribution in [3.05, 3.63) is 41.1 Å². The average molecular weight is 369 g/mol.